The highest BCUT2D eigenvalue weighted by atomic mass is 16.2. The Balaban J connectivity index is 2.12. The summed E-state index contributed by atoms with van der Waals surface area (Å²) < 4.78 is 0. The average molecular weight is 332 g/mol. The largest absolute Gasteiger partial charge is 0.336 e. The first-order valence-corrected chi connectivity index (χ1v) is 8.62. The smallest absolute Gasteiger partial charge is 0.319 e. The molecule has 24 heavy (non-hydrogen) atoms. The molecule has 0 aliphatic carbocycles. The van der Waals surface area contributed by atoms with E-state index in [1.165, 1.54) is 0 Å². The number of hydrogen-bond donors (Lipinski definition) is 3. The highest BCUT2D eigenvalue weighted by molar-refractivity contribution is 5.97. The van der Waals surface area contributed by atoms with Crippen molar-refractivity contribution in [3.8, 4) is 0 Å². The molecule has 132 valence electrons. The van der Waals surface area contributed by atoms with E-state index in [0.29, 0.717) is 11.3 Å². The maximum absolute atomic E-state index is 12.9. The van der Waals surface area contributed by atoms with Crippen LogP contribution in [0.5, 0.6) is 0 Å². The summed E-state index contributed by atoms with van der Waals surface area (Å²) in [6.45, 7) is 6.47. The summed E-state index contributed by atoms with van der Waals surface area (Å²) in [5.74, 6) is -0.0232. The second kappa shape index (κ2) is 8.15. The molecular formula is C18H28N4O2. The van der Waals surface area contributed by atoms with Gasteiger partial charge in [0.25, 0.3) is 5.91 Å². The van der Waals surface area contributed by atoms with Gasteiger partial charge in [-0.1, -0.05) is 6.07 Å². The van der Waals surface area contributed by atoms with Gasteiger partial charge in [0, 0.05) is 35.9 Å². The van der Waals surface area contributed by atoms with Gasteiger partial charge in [-0.2, -0.15) is 0 Å². The third kappa shape index (κ3) is 4.71. The number of rotatable bonds is 4. The number of urea groups is 1. The Morgan fingerprint density at radius 2 is 2.00 bits per heavy atom. The van der Waals surface area contributed by atoms with Crippen LogP contribution in [0.4, 0.5) is 10.5 Å². The number of hydrogen-bond acceptors (Lipinski definition) is 3. The zero-order valence-electron chi connectivity index (χ0n) is 14.7. The van der Waals surface area contributed by atoms with E-state index in [1.54, 1.807) is 24.3 Å². The van der Waals surface area contributed by atoms with Crippen molar-refractivity contribution in [2.24, 2.45) is 5.73 Å². The maximum atomic E-state index is 12.9. The van der Waals surface area contributed by atoms with Crippen LogP contribution in [0.2, 0.25) is 0 Å². The van der Waals surface area contributed by atoms with Crippen LogP contribution in [-0.2, 0) is 0 Å². The van der Waals surface area contributed by atoms with Crippen LogP contribution in [0.25, 0.3) is 0 Å². The zero-order chi connectivity index (χ0) is 17.7. The normalized spacial score (nSPS) is 19.0. The lowest BCUT2D eigenvalue weighted by Crippen LogP contribution is -2.51. The summed E-state index contributed by atoms with van der Waals surface area (Å²) >= 11 is 0. The molecule has 0 spiro atoms. The summed E-state index contributed by atoms with van der Waals surface area (Å²) in [4.78, 5) is 26.6. The highest BCUT2D eigenvalue weighted by Gasteiger charge is 2.29. The number of amides is 3. The molecule has 0 bridgehead atoms. The maximum Gasteiger partial charge on any atom is 0.319 e. The van der Waals surface area contributed by atoms with Crippen molar-refractivity contribution in [2.45, 2.75) is 58.2 Å². The van der Waals surface area contributed by atoms with E-state index in [1.807, 2.05) is 25.7 Å². The van der Waals surface area contributed by atoms with Crippen LogP contribution in [-0.4, -0.2) is 41.5 Å². The molecule has 1 aromatic carbocycles. The number of benzene rings is 1. The van der Waals surface area contributed by atoms with Crippen molar-refractivity contribution in [3.63, 3.8) is 0 Å². The summed E-state index contributed by atoms with van der Waals surface area (Å²) in [5, 5.41) is 5.52. The van der Waals surface area contributed by atoms with Gasteiger partial charge in [-0.05, 0) is 58.2 Å². The van der Waals surface area contributed by atoms with E-state index in [-0.39, 0.29) is 30.1 Å². The van der Waals surface area contributed by atoms with Gasteiger partial charge in [-0.15, -0.1) is 0 Å². The quantitative estimate of drug-likeness (QED) is 0.792. The molecular weight excluding hydrogens is 304 g/mol. The van der Waals surface area contributed by atoms with Gasteiger partial charge < -0.3 is 21.3 Å². The van der Waals surface area contributed by atoms with Crippen molar-refractivity contribution >= 4 is 17.6 Å². The molecule has 4 N–H and O–H groups in total. The summed E-state index contributed by atoms with van der Waals surface area (Å²) in [6.07, 6.45) is 3.05. The first-order valence-electron chi connectivity index (χ1n) is 8.62. The molecule has 1 fully saturated rings. The van der Waals surface area contributed by atoms with E-state index in [9.17, 15) is 9.59 Å². The molecule has 1 aliphatic rings. The van der Waals surface area contributed by atoms with Gasteiger partial charge in [-0.3, -0.25) is 4.79 Å². The van der Waals surface area contributed by atoms with Crippen molar-refractivity contribution in [3.05, 3.63) is 29.8 Å². The molecule has 2 rings (SSSR count). The number of nitrogens with two attached hydrogens (primary N) is 1. The second-order valence-electron chi connectivity index (χ2n) is 6.75. The van der Waals surface area contributed by atoms with Gasteiger partial charge in [-0.25, -0.2) is 4.79 Å². The number of likely N-dealkylation sites (tertiary alicyclic amines) is 1. The third-order valence-corrected chi connectivity index (χ3v) is 4.20. The molecule has 2 atom stereocenters. The molecule has 0 radical (unpaired) electrons. The minimum atomic E-state index is -0.277. The predicted molar refractivity (Wildman–Crippen MR) is 96.1 cm³/mol. The molecule has 3 amide bonds. The van der Waals surface area contributed by atoms with E-state index in [4.69, 9.17) is 5.73 Å². The monoisotopic (exact) mass is 332 g/mol. The van der Waals surface area contributed by atoms with Crippen LogP contribution in [0, 0.1) is 0 Å². The van der Waals surface area contributed by atoms with Gasteiger partial charge in [0.05, 0.1) is 0 Å². The fourth-order valence-corrected chi connectivity index (χ4v) is 3.08. The number of nitrogens with one attached hydrogen (secondary N) is 2. The Labute approximate surface area is 143 Å². The number of nitrogens with zero attached hydrogens (tertiary/aromatic N) is 1. The molecule has 2 unspecified atom stereocenters. The number of anilines is 1. The van der Waals surface area contributed by atoms with Gasteiger partial charge in [0.15, 0.2) is 0 Å². The number of carbonyl (C=O) groups is 2. The van der Waals surface area contributed by atoms with Crippen LogP contribution in [0.1, 0.15) is 50.4 Å². The Morgan fingerprint density at radius 1 is 1.25 bits per heavy atom. The van der Waals surface area contributed by atoms with E-state index in [2.05, 4.69) is 10.6 Å². The van der Waals surface area contributed by atoms with Crippen molar-refractivity contribution in [1.29, 1.82) is 0 Å². The SMILES string of the molecule is CC(C)NC(=O)Nc1cccc(C(=O)N2CCCCC2C(C)N)c1. The van der Waals surface area contributed by atoms with Crippen LogP contribution in [0.15, 0.2) is 24.3 Å². The van der Waals surface area contributed by atoms with Crippen molar-refractivity contribution in [2.75, 3.05) is 11.9 Å². The van der Waals surface area contributed by atoms with Crippen LogP contribution < -0.4 is 16.4 Å². The molecule has 0 aromatic heterocycles. The van der Waals surface area contributed by atoms with Crippen molar-refractivity contribution in [1.82, 2.24) is 10.2 Å². The first-order chi connectivity index (χ1) is 11.4. The Hall–Kier alpha value is -2.08. The van der Waals surface area contributed by atoms with Gasteiger partial charge in [0.2, 0.25) is 0 Å². The predicted octanol–water partition coefficient (Wildman–Crippen LogP) is 2.56. The molecule has 1 aromatic rings. The molecule has 1 aliphatic heterocycles. The summed E-state index contributed by atoms with van der Waals surface area (Å²) in [6, 6.07) is 6.85. The standard InChI is InChI=1S/C18H28N4O2/c1-12(2)20-18(24)21-15-8-6-7-14(11-15)17(23)22-10-5-4-9-16(22)13(3)19/h6-8,11-13,16H,4-5,9-10,19H2,1-3H3,(H2,20,21,24). The van der Waals surface area contributed by atoms with Gasteiger partial charge in [0.1, 0.15) is 0 Å². The highest BCUT2D eigenvalue weighted by Crippen LogP contribution is 2.22. The fraction of sp³-hybridized carbons (Fsp3) is 0.556. The lowest BCUT2D eigenvalue weighted by molar-refractivity contribution is 0.0584. The summed E-state index contributed by atoms with van der Waals surface area (Å²) in [7, 11) is 0. The Morgan fingerprint density at radius 3 is 2.67 bits per heavy atom. The zero-order valence-corrected chi connectivity index (χ0v) is 14.7. The molecule has 1 saturated heterocycles. The number of carbonyl (C=O) groups excluding carboxylic acids is 2. The van der Waals surface area contributed by atoms with E-state index < -0.39 is 0 Å². The van der Waals surface area contributed by atoms with Crippen molar-refractivity contribution < 1.29 is 9.59 Å². The Bertz CT molecular complexity index is 586. The van der Waals surface area contributed by atoms with E-state index >= 15 is 0 Å². The Kier molecular flexibility index (Phi) is 6.20. The average Bonchev–Trinajstić information content (AvgIpc) is 2.53. The second-order valence-corrected chi connectivity index (χ2v) is 6.75. The molecule has 6 heteroatoms. The van der Waals surface area contributed by atoms with Gasteiger partial charge >= 0.3 is 6.03 Å². The molecule has 0 saturated carbocycles. The lowest BCUT2D eigenvalue weighted by atomic mass is 9.96. The number of piperidine rings is 1. The van der Waals surface area contributed by atoms with Crippen LogP contribution >= 0.6 is 0 Å². The van der Waals surface area contributed by atoms with Crippen LogP contribution in [0.3, 0.4) is 0 Å². The molecule has 1 heterocycles. The first kappa shape index (κ1) is 18.3. The summed E-state index contributed by atoms with van der Waals surface area (Å²) in [5.41, 5.74) is 7.24. The third-order valence-electron chi connectivity index (χ3n) is 4.20. The molecule has 6 nitrogen and oxygen atoms in total. The fourth-order valence-electron chi connectivity index (χ4n) is 3.08. The minimum absolute atomic E-state index is 0.0232. The topological polar surface area (TPSA) is 87.5 Å². The van der Waals surface area contributed by atoms with E-state index in [0.717, 1.165) is 25.8 Å². The lowest BCUT2D eigenvalue weighted by Gasteiger charge is -2.38. The minimum Gasteiger partial charge on any atom is -0.336 e.